The number of anilines is 1. The van der Waals surface area contributed by atoms with Crippen LogP contribution in [0.5, 0.6) is 0 Å². The number of carbonyl (C=O) groups is 2. The van der Waals surface area contributed by atoms with Crippen LogP contribution in [-0.4, -0.2) is 23.0 Å². The summed E-state index contributed by atoms with van der Waals surface area (Å²) in [6.07, 6.45) is 0.637. The zero-order valence-corrected chi connectivity index (χ0v) is 14.6. The molecule has 0 saturated heterocycles. The van der Waals surface area contributed by atoms with E-state index in [1.54, 1.807) is 24.4 Å². The van der Waals surface area contributed by atoms with Crippen molar-refractivity contribution in [3.8, 4) is 0 Å². The SMILES string of the molecule is Cc1ccc(Cl)cc1NC(=O)[C@@H](C)OC(=O)c1c[nH]c2ccccc12. The van der Waals surface area contributed by atoms with Crippen molar-refractivity contribution in [2.45, 2.75) is 20.0 Å². The van der Waals surface area contributed by atoms with E-state index in [0.29, 0.717) is 16.3 Å². The first-order valence-electron chi connectivity index (χ1n) is 7.80. The van der Waals surface area contributed by atoms with E-state index in [9.17, 15) is 9.59 Å². The molecule has 5 nitrogen and oxygen atoms in total. The van der Waals surface area contributed by atoms with Crippen LogP contribution in [0.15, 0.2) is 48.7 Å². The molecule has 2 aromatic carbocycles. The summed E-state index contributed by atoms with van der Waals surface area (Å²) in [5, 5.41) is 4.00. The lowest BCUT2D eigenvalue weighted by Crippen LogP contribution is -2.30. The number of rotatable bonds is 4. The van der Waals surface area contributed by atoms with Crippen molar-refractivity contribution in [3.63, 3.8) is 0 Å². The molecule has 0 radical (unpaired) electrons. The molecule has 1 aromatic heterocycles. The van der Waals surface area contributed by atoms with Crippen LogP contribution in [-0.2, 0) is 9.53 Å². The zero-order valence-electron chi connectivity index (χ0n) is 13.8. The zero-order chi connectivity index (χ0) is 18.0. The second-order valence-electron chi connectivity index (χ2n) is 5.74. The van der Waals surface area contributed by atoms with E-state index in [1.807, 2.05) is 31.2 Å². The summed E-state index contributed by atoms with van der Waals surface area (Å²) in [5.41, 5.74) is 2.69. The number of carbonyl (C=O) groups excluding carboxylic acids is 2. The standard InChI is InChI=1S/C19H17ClN2O3/c1-11-7-8-13(20)9-17(11)22-18(23)12(2)25-19(24)15-10-21-16-6-4-3-5-14(15)16/h3-10,12,21H,1-2H3,(H,22,23)/t12-/m1/s1. The third-order valence-electron chi connectivity index (χ3n) is 3.92. The summed E-state index contributed by atoms with van der Waals surface area (Å²) in [6, 6.07) is 12.6. The Kier molecular flexibility index (Phi) is 4.76. The smallest absolute Gasteiger partial charge is 0.341 e. The van der Waals surface area contributed by atoms with E-state index in [4.69, 9.17) is 16.3 Å². The summed E-state index contributed by atoms with van der Waals surface area (Å²) < 4.78 is 5.30. The Bertz CT molecular complexity index is 949. The summed E-state index contributed by atoms with van der Waals surface area (Å²) >= 11 is 5.95. The van der Waals surface area contributed by atoms with Gasteiger partial charge < -0.3 is 15.0 Å². The highest BCUT2D eigenvalue weighted by Crippen LogP contribution is 2.21. The molecule has 1 heterocycles. The predicted molar refractivity (Wildman–Crippen MR) is 98.0 cm³/mol. The largest absolute Gasteiger partial charge is 0.449 e. The number of para-hydroxylation sites is 1. The summed E-state index contributed by atoms with van der Waals surface area (Å²) in [5.74, 6) is -0.971. The Morgan fingerprint density at radius 2 is 1.96 bits per heavy atom. The van der Waals surface area contributed by atoms with Crippen molar-refractivity contribution in [3.05, 3.63) is 64.8 Å². The van der Waals surface area contributed by atoms with Crippen molar-refractivity contribution in [2.24, 2.45) is 0 Å². The third kappa shape index (κ3) is 3.67. The number of aromatic amines is 1. The minimum Gasteiger partial charge on any atom is -0.449 e. The fourth-order valence-electron chi connectivity index (χ4n) is 2.48. The molecule has 0 spiro atoms. The molecule has 0 bridgehead atoms. The molecule has 3 rings (SSSR count). The second kappa shape index (κ2) is 6.99. The van der Waals surface area contributed by atoms with Gasteiger partial charge in [0.15, 0.2) is 6.10 Å². The number of nitrogens with one attached hydrogen (secondary N) is 2. The fourth-order valence-corrected chi connectivity index (χ4v) is 2.65. The Balaban J connectivity index is 1.71. The van der Waals surface area contributed by atoms with Crippen molar-refractivity contribution in [1.82, 2.24) is 4.98 Å². The van der Waals surface area contributed by atoms with Gasteiger partial charge in [-0.25, -0.2) is 4.79 Å². The van der Waals surface area contributed by atoms with E-state index in [0.717, 1.165) is 16.5 Å². The van der Waals surface area contributed by atoms with Gasteiger partial charge in [0.2, 0.25) is 0 Å². The van der Waals surface area contributed by atoms with Crippen LogP contribution < -0.4 is 5.32 Å². The van der Waals surface area contributed by atoms with Crippen LogP contribution in [0.2, 0.25) is 5.02 Å². The molecule has 0 fully saturated rings. The van der Waals surface area contributed by atoms with Crippen LogP contribution in [0.1, 0.15) is 22.8 Å². The highest BCUT2D eigenvalue weighted by Gasteiger charge is 2.21. The van der Waals surface area contributed by atoms with Crippen molar-refractivity contribution in [2.75, 3.05) is 5.32 Å². The Morgan fingerprint density at radius 1 is 1.20 bits per heavy atom. The lowest BCUT2D eigenvalue weighted by molar-refractivity contribution is -0.123. The number of benzene rings is 2. The summed E-state index contributed by atoms with van der Waals surface area (Å²) in [4.78, 5) is 27.7. The lowest BCUT2D eigenvalue weighted by atomic mass is 10.2. The average molecular weight is 357 g/mol. The predicted octanol–water partition coefficient (Wildman–Crippen LogP) is 4.31. The number of hydrogen-bond donors (Lipinski definition) is 2. The Labute approximate surface area is 149 Å². The maximum absolute atomic E-state index is 12.4. The molecule has 0 aliphatic carbocycles. The molecule has 6 heteroatoms. The van der Waals surface area contributed by atoms with Crippen LogP contribution in [0, 0.1) is 6.92 Å². The lowest BCUT2D eigenvalue weighted by Gasteiger charge is -2.14. The quantitative estimate of drug-likeness (QED) is 0.684. The molecule has 0 unspecified atom stereocenters. The molecule has 0 saturated carbocycles. The van der Waals surface area contributed by atoms with E-state index in [2.05, 4.69) is 10.3 Å². The maximum Gasteiger partial charge on any atom is 0.341 e. The number of aryl methyl sites for hydroxylation is 1. The molecule has 0 aliphatic rings. The summed E-state index contributed by atoms with van der Waals surface area (Å²) in [7, 11) is 0. The van der Waals surface area contributed by atoms with Gasteiger partial charge in [-0.2, -0.15) is 0 Å². The maximum atomic E-state index is 12.4. The third-order valence-corrected chi connectivity index (χ3v) is 4.15. The van der Waals surface area contributed by atoms with Gasteiger partial charge in [-0.3, -0.25) is 4.79 Å². The molecule has 25 heavy (non-hydrogen) atoms. The molecular formula is C19H17ClN2O3. The van der Waals surface area contributed by atoms with Crippen LogP contribution >= 0.6 is 11.6 Å². The number of ether oxygens (including phenoxy) is 1. The Morgan fingerprint density at radius 3 is 2.76 bits per heavy atom. The first-order chi connectivity index (χ1) is 12.0. The minimum absolute atomic E-state index is 0.397. The van der Waals surface area contributed by atoms with Crippen LogP contribution in [0.3, 0.4) is 0 Å². The second-order valence-corrected chi connectivity index (χ2v) is 6.18. The number of fused-ring (bicyclic) bond motifs is 1. The van der Waals surface area contributed by atoms with Crippen LogP contribution in [0.25, 0.3) is 10.9 Å². The van der Waals surface area contributed by atoms with Gasteiger partial charge in [0, 0.05) is 27.8 Å². The van der Waals surface area contributed by atoms with E-state index >= 15 is 0 Å². The monoisotopic (exact) mass is 356 g/mol. The number of halogens is 1. The molecule has 1 amide bonds. The van der Waals surface area contributed by atoms with Crippen LogP contribution in [0.4, 0.5) is 5.69 Å². The van der Waals surface area contributed by atoms with E-state index in [-0.39, 0.29) is 0 Å². The van der Waals surface area contributed by atoms with Crippen molar-refractivity contribution in [1.29, 1.82) is 0 Å². The Hall–Kier alpha value is -2.79. The first kappa shape index (κ1) is 17.0. The topological polar surface area (TPSA) is 71.2 Å². The van der Waals surface area contributed by atoms with Gasteiger partial charge in [0.25, 0.3) is 5.91 Å². The van der Waals surface area contributed by atoms with Gasteiger partial charge in [-0.1, -0.05) is 35.9 Å². The van der Waals surface area contributed by atoms with Gasteiger partial charge in [-0.15, -0.1) is 0 Å². The minimum atomic E-state index is -0.945. The van der Waals surface area contributed by atoms with Gasteiger partial charge >= 0.3 is 5.97 Å². The number of aromatic nitrogens is 1. The number of H-pyrrole nitrogens is 1. The van der Waals surface area contributed by atoms with Gasteiger partial charge in [-0.05, 0) is 37.6 Å². The molecule has 128 valence electrons. The number of esters is 1. The number of hydrogen-bond acceptors (Lipinski definition) is 3. The molecule has 3 aromatic rings. The first-order valence-corrected chi connectivity index (χ1v) is 8.17. The normalized spacial score (nSPS) is 12.0. The summed E-state index contributed by atoms with van der Waals surface area (Å²) in [6.45, 7) is 3.39. The molecular weight excluding hydrogens is 340 g/mol. The van der Waals surface area contributed by atoms with Crippen molar-refractivity contribution < 1.29 is 14.3 Å². The molecule has 0 aliphatic heterocycles. The highest BCUT2D eigenvalue weighted by atomic mass is 35.5. The van der Waals surface area contributed by atoms with Gasteiger partial charge in [0.05, 0.1) is 5.56 Å². The van der Waals surface area contributed by atoms with Gasteiger partial charge in [0.1, 0.15) is 0 Å². The molecule has 1 atom stereocenters. The fraction of sp³-hybridized carbons (Fsp3) is 0.158. The van der Waals surface area contributed by atoms with Crippen molar-refractivity contribution >= 4 is 40.1 Å². The van der Waals surface area contributed by atoms with E-state index < -0.39 is 18.0 Å². The molecule has 2 N–H and O–H groups in total. The average Bonchev–Trinajstić information content (AvgIpc) is 3.02. The number of amides is 1. The van der Waals surface area contributed by atoms with E-state index in [1.165, 1.54) is 6.92 Å². The highest BCUT2D eigenvalue weighted by molar-refractivity contribution is 6.31.